The van der Waals surface area contributed by atoms with Crippen molar-refractivity contribution < 1.29 is 9.32 Å². The zero-order chi connectivity index (χ0) is 14.7. The van der Waals surface area contributed by atoms with Gasteiger partial charge < -0.3 is 5.11 Å². The van der Waals surface area contributed by atoms with Crippen LogP contribution >= 0.6 is 0 Å². The molecule has 0 aliphatic heterocycles. The first-order valence-electron chi connectivity index (χ1n) is 6.54. The van der Waals surface area contributed by atoms with Crippen LogP contribution in [0.3, 0.4) is 0 Å². The molecule has 0 spiro atoms. The van der Waals surface area contributed by atoms with Crippen LogP contribution in [0.25, 0.3) is 0 Å². The van der Waals surface area contributed by atoms with Crippen LogP contribution in [0.4, 0.5) is 0 Å². The smallest absolute Gasteiger partial charge is 0.144 e. The van der Waals surface area contributed by atoms with Crippen molar-refractivity contribution in [2.45, 2.75) is 72.7 Å². The van der Waals surface area contributed by atoms with E-state index in [0.29, 0.717) is 6.42 Å². The minimum atomic E-state index is -1.27. The van der Waals surface area contributed by atoms with Gasteiger partial charge in [-0.3, -0.25) is 0 Å². The van der Waals surface area contributed by atoms with Crippen molar-refractivity contribution in [3.8, 4) is 0 Å². The monoisotopic (exact) mass is 275 g/mol. The predicted octanol–water partition coefficient (Wildman–Crippen LogP) is 3.34. The molecule has 0 fully saturated rings. The minimum absolute atomic E-state index is 0.170. The molecule has 0 saturated heterocycles. The molecule has 1 unspecified atom stereocenters. The fraction of sp³-hybridized carbons (Fsp3) is 0.929. The van der Waals surface area contributed by atoms with Crippen LogP contribution in [0.1, 0.15) is 61.8 Å². The Bertz CT molecular complexity index is 322. The molecular weight excluding hydrogens is 246 g/mol. The number of hydrogen-bond donors (Lipinski definition) is 1. The lowest BCUT2D eigenvalue weighted by Gasteiger charge is -2.26. The van der Waals surface area contributed by atoms with E-state index in [0.717, 1.165) is 5.71 Å². The molecule has 0 aromatic carbocycles. The first-order valence-corrected chi connectivity index (χ1v) is 7.64. The minimum Gasteiger partial charge on any atom is -0.392 e. The average molecular weight is 275 g/mol. The second-order valence-corrected chi connectivity index (χ2v) is 9.07. The first-order chi connectivity index (χ1) is 7.85. The predicted molar refractivity (Wildman–Crippen MR) is 80.2 cm³/mol. The Balaban J connectivity index is 5.15. The summed E-state index contributed by atoms with van der Waals surface area (Å²) in [4.78, 5) is 0. The van der Waals surface area contributed by atoms with E-state index in [1.807, 2.05) is 55.4 Å². The van der Waals surface area contributed by atoms with E-state index in [1.165, 1.54) is 0 Å². The van der Waals surface area contributed by atoms with Gasteiger partial charge in [0.25, 0.3) is 0 Å². The molecular formula is C14H29NO2S. The van der Waals surface area contributed by atoms with Crippen LogP contribution in [-0.4, -0.2) is 25.9 Å². The van der Waals surface area contributed by atoms with Crippen LogP contribution in [0.5, 0.6) is 0 Å². The molecule has 2 atom stereocenters. The second-order valence-electron chi connectivity index (χ2n) is 7.16. The van der Waals surface area contributed by atoms with Gasteiger partial charge in [0.2, 0.25) is 0 Å². The Morgan fingerprint density at radius 3 is 1.89 bits per heavy atom. The maximum absolute atomic E-state index is 12.1. The molecule has 0 aliphatic carbocycles. The van der Waals surface area contributed by atoms with Crippen molar-refractivity contribution in [2.75, 3.05) is 0 Å². The quantitative estimate of drug-likeness (QED) is 0.800. The number of aliphatic hydroxyl groups is 1. The molecule has 0 aromatic heterocycles. The molecule has 0 bridgehead atoms. The Morgan fingerprint density at radius 1 is 1.17 bits per heavy atom. The van der Waals surface area contributed by atoms with Gasteiger partial charge in [0.1, 0.15) is 11.0 Å². The van der Waals surface area contributed by atoms with E-state index in [4.69, 9.17) is 0 Å². The molecule has 4 heteroatoms. The topological polar surface area (TPSA) is 49.7 Å². The normalized spacial score (nSPS) is 18.0. The summed E-state index contributed by atoms with van der Waals surface area (Å²) in [6, 6.07) is 0. The van der Waals surface area contributed by atoms with Gasteiger partial charge >= 0.3 is 0 Å². The van der Waals surface area contributed by atoms with Gasteiger partial charge in [-0.15, -0.1) is 0 Å². The third kappa shape index (κ3) is 6.10. The summed E-state index contributed by atoms with van der Waals surface area (Å²) in [5, 5.41) is 10.00. The van der Waals surface area contributed by atoms with Gasteiger partial charge in [-0.05, 0) is 26.7 Å². The number of aliphatic hydroxyl groups excluding tert-OH is 1. The molecule has 1 N–H and O–H groups in total. The summed E-state index contributed by atoms with van der Waals surface area (Å²) in [5.41, 5.74) is 0.661. The summed E-state index contributed by atoms with van der Waals surface area (Å²) in [7, 11) is -1.27. The Labute approximate surface area is 115 Å². The van der Waals surface area contributed by atoms with Gasteiger partial charge in [-0.1, -0.05) is 34.6 Å². The molecule has 0 radical (unpaired) electrons. The van der Waals surface area contributed by atoms with Crippen LogP contribution in [0, 0.1) is 11.3 Å². The molecule has 0 rings (SSSR count). The van der Waals surface area contributed by atoms with E-state index in [9.17, 15) is 9.32 Å². The molecule has 0 heterocycles. The number of hydrogen-bond acceptors (Lipinski definition) is 2. The summed E-state index contributed by atoms with van der Waals surface area (Å²) < 4.78 is 16.1. The van der Waals surface area contributed by atoms with E-state index in [2.05, 4.69) is 4.40 Å². The van der Waals surface area contributed by atoms with Crippen LogP contribution < -0.4 is 0 Å². The van der Waals surface area contributed by atoms with Gasteiger partial charge in [-0.2, -0.15) is 4.40 Å². The van der Waals surface area contributed by atoms with Gasteiger partial charge in [0, 0.05) is 17.5 Å². The standard InChI is InChI=1S/C14H29NO2S/c1-10(2)11(16)9-12(13(3,4)5)15-18(17)14(6,7)8/h10-11,16H,9H2,1-8H3/b15-12+/t11-,18?/m0/s1. The van der Waals surface area contributed by atoms with Crippen molar-refractivity contribution in [3.63, 3.8) is 0 Å². The third-order valence-corrected chi connectivity index (χ3v) is 4.19. The van der Waals surface area contributed by atoms with E-state index in [1.54, 1.807) is 0 Å². The van der Waals surface area contributed by atoms with E-state index >= 15 is 0 Å². The van der Waals surface area contributed by atoms with Crippen molar-refractivity contribution in [3.05, 3.63) is 0 Å². The van der Waals surface area contributed by atoms with Gasteiger partial charge in [-0.25, -0.2) is 4.21 Å². The fourth-order valence-corrected chi connectivity index (χ4v) is 1.97. The Morgan fingerprint density at radius 2 is 1.61 bits per heavy atom. The van der Waals surface area contributed by atoms with Crippen molar-refractivity contribution in [1.82, 2.24) is 0 Å². The highest BCUT2D eigenvalue weighted by Gasteiger charge is 2.27. The van der Waals surface area contributed by atoms with Crippen molar-refractivity contribution in [1.29, 1.82) is 0 Å². The molecule has 0 saturated carbocycles. The lowest BCUT2D eigenvalue weighted by Crippen LogP contribution is -2.30. The average Bonchev–Trinajstić information content (AvgIpc) is 2.12. The maximum atomic E-state index is 12.1. The van der Waals surface area contributed by atoms with Crippen molar-refractivity contribution in [2.24, 2.45) is 15.7 Å². The largest absolute Gasteiger partial charge is 0.392 e. The highest BCUT2D eigenvalue weighted by Crippen LogP contribution is 2.24. The van der Waals surface area contributed by atoms with Crippen LogP contribution in [-0.2, 0) is 11.0 Å². The number of rotatable bonds is 4. The van der Waals surface area contributed by atoms with Crippen LogP contribution in [0.2, 0.25) is 0 Å². The van der Waals surface area contributed by atoms with Gasteiger partial charge in [0.15, 0.2) is 0 Å². The lowest BCUT2D eigenvalue weighted by molar-refractivity contribution is 0.130. The first kappa shape index (κ1) is 17.8. The highest BCUT2D eigenvalue weighted by molar-refractivity contribution is 7.85. The second kappa shape index (κ2) is 6.29. The highest BCUT2D eigenvalue weighted by atomic mass is 32.2. The molecule has 0 aliphatic rings. The van der Waals surface area contributed by atoms with Crippen LogP contribution in [0.15, 0.2) is 4.40 Å². The summed E-state index contributed by atoms with van der Waals surface area (Å²) in [6.45, 7) is 15.8. The zero-order valence-electron chi connectivity index (χ0n) is 13.1. The van der Waals surface area contributed by atoms with E-state index in [-0.39, 0.29) is 16.1 Å². The fourth-order valence-electron chi connectivity index (χ4n) is 1.15. The SMILES string of the molecule is CC(C)[C@@H](O)C/C(=N\S(=O)C(C)(C)C)C(C)(C)C. The summed E-state index contributed by atoms with van der Waals surface area (Å²) in [5.74, 6) is 0.181. The Kier molecular flexibility index (Phi) is 6.21. The Hall–Kier alpha value is -0.220. The number of nitrogens with zero attached hydrogens (tertiary/aromatic N) is 1. The van der Waals surface area contributed by atoms with Crippen molar-refractivity contribution >= 4 is 16.7 Å². The molecule has 0 aromatic rings. The molecule has 0 amide bonds. The summed E-state index contributed by atoms with van der Waals surface area (Å²) >= 11 is 0. The third-order valence-electron chi connectivity index (χ3n) is 2.75. The van der Waals surface area contributed by atoms with Gasteiger partial charge in [0.05, 0.1) is 10.9 Å². The summed E-state index contributed by atoms with van der Waals surface area (Å²) in [6.07, 6.45) is 0.0585. The molecule has 3 nitrogen and oxygen atoms in total. The zero-order valence-corrected chi connectivity index (χ0v) is 13.9. The van der Waals surface area contributed by atoms with E-state index < -0.39 is 17.1 Å². The lowest BCUT2D eigenvalue weighted by atomic mass is 9.85. The molecule has 108 valence electrons. The molecule has 18 heavy (non-hydrogen) atoms. The maximum Gasteiger partial charge on any atom is 0.144 e.